The molecular formula is C18H27N3O2. The molecule has 0 spiro atoms. The van der Waals surface area contributed by atoms with E-state index in [9.17, 15) is 9.59 Å². The Labute approximate surface area is 138 Å². The number of nitrogens with one attached hydrogen (secondary N) is 2. The quantitative estimate of drug-likeness (QED) is 0.779. The Kier molecular flexibility index (Phi) is 5.64. The van der Waals surface area contributed by atoms with Crippen molar-refractivity contribution in [3.8, 4) is 0 Å². The van der Waals surface area contributed by atoms with Gasteiger partial charge in [0.1, 0.15) is 6.04 Å². The maximum atomic E-state index is 12.2. The second-order valence-electron chi connectivity index (χ2n) is 6.60. The van der Waals surface area contributed by atoms with Gasteiger partial charge in [-0.2, -0.15) is 0 Å². The van der Waals surface area contributed by atoms with Gasteiger partial charge in [-0.3, -0.25) is 4.79 Å². The maximum absolute atomic E-state index is 12.2. The second kappa shape index (κ2) is 7.49. The number of nitrogens with two attached hydrogens (primary N) is 1. The van der Waals surface area contributed by atoms with E-state index in [1.165, 1.54) is 30.4 Å². The van der Waals surface area contributed by atoms with Crippen molar-refractivity contribution in [2.45, 2.75) is 57.4 Å². The predicted molar refractivity (Wildman–Crippen MR) is 91.1 cm³/mol. The van der Waals surface area contributed by atoms with Crippen molar-refractivity contribution in [1.29, 1.82) is 0 Å². The van der Waals surface area contributed by atoms with Crippen molar-refractivity contribution >= 4 is 11.9 Å². The lowest BCUT2D eigenvalue weighted by Crippen LogP contribution is -2.50. The van der Waals surface area contributed by atoms with Crippen LogP contribution in [0.1, 0.15) is 50.2 Å². The van der Waals surface area contributed by atoms with Crippen LogP contribution in [-0.4, -0.2) is 24.5 Å². The summed E-state index contributed by atoms with van der Waals surface area (Å²) in [6.07, 6.45) is 5.77. The van der Waals surface area contributed by atoms with Gasteiger partial charge in [-0.05, 0) is 37.8 Å². The monoisotopic (exact) mass is 317 g/mol. The van der Waals surface area contributed by atoms with E-state index < -0.39 is 12.1 Å². The minimum atomic E-state index is -0.682. The number of urea groups is 1. The topological polar surface area (TPSA) is 84.2 Å². The maximum Gasteiger partial charge on any atom is 0.312 e. The van der Waals surface area contributed by atoms with E-state index in [2.05, 4.69) is 35.8 Å². The van der Waals surface area contributed by atoms with Gasteiger partial charge in [0.15, 0.2) is 0 Å². The summed E-state index contributed by atoms with van der Waals surface area (Å²) >= 11 is 0. The molecule has 126 valence electrons. The zero-order chi connectivity index (χ0) is 16.9. The Balaban J connectivity index is 2.12. The molecule has 1 aromatic rings. The molecule has 0 unspecified atom stereocenters. The summed E-state index contributed by atoms with van der Waals surface area (Å²) in [5.41, 5.74) is 7.67. The fourth-order valence-corrected chi connectivity index (χ4v) is 3.63. The van der Waals surface area contributed by atoms with Gasteiger partial charge in [-0.1, -0.05) is 43.5 Å². The molecule has 1 aromatic carbocycles. The van der Waals surface area contributed by atoms with Crippen LogP contribution in [0.4, 0.5) is 4.79 Å². The first-order chi connectivity index (χ1) is 10.9. The molecule has 0 aliphatic heterocycles. The van der Waals surface area contributed by atoms with E-state index in [1.807, 2.05) is 6.07 Å². The largest absolute Gasteiger partial charge is 0.353 e. The van der Waals surface area contributed by atoms with Crippen LogP contribution in [0, 0.1) is 6.92 Å². The van der Waals surface area contributed by atoms with Crippen molar-refractivity contribution in [1.82, 2.24) is 10.6 Å². The van der Waals surface area contributed by atoms with Crippen LogP contribution in [-0.2, 0) is 10.2 Å². The Morgan fingerprint density at radius 1 is 1.22 bits per heavy atom. The van der Waals surface area contributed by atoms with Crippen molar-refractivity contribution in [2.75, 3.05) is 6.54 Å². The average Bonchev–Trinajstić information content (AvgIpc) is 2.53. The summed E-state index contributed by atoms with van der Waals surface area (Å²) in [5, 5.41) is 5.44. The van der Waals surface area contributed by atoms with Gasteiger partial charge < -0.3 is 16.4 Å². The highest BCUT2D eigenvalue weighted by Crippen LogP contribution is 2.40. The highest BCUT2D eigenvalue weighted by atomic mass is 16.2. The lowest BCUT2D eigenvalue weighted by molar-refractivity contribution is -0.122. The molecule has 0 radical (unpaired) electrons. The molecule has 0 saturated heterocycles. The van der Waals surface area contributed by atoms with Gasteiger partial charge in [-0.25, -0.2) is 4.79 Å². The third-order valence-corrected chi connectivity index (χ3v) is 4.88. The number of hydrogen-bond acceptors (Lipinski definition) is 2. The van der Waals surface area contributed by atoms with Crippen LogP contribution in [0.2, 0.25) is 0 Å². The molecule has 1 atom stereocenters. The predicted octanol–water partition coefficient (Wildman–Crippen LogP) is 2.37. The number of benzene rings is 1. The lowest BCUT2D eigenvalue weighted by Gasteiger charge is -2.39. The third-order valence-electron chi connectivity index (χ3n) is 4.88. The van der Waals surface area contributed by atoms with Gasteiger partial charge in [0.05, 0.1) is 0 Å². The molecule has 3 amide bonds. The van der Waals surface area contributed by atoms with Crippen LogP contribution < -0.4 is 16.4 Å². The van der Waals surface area contributed by atoms with Crippen molar-refractivity contribution in [2.24, 2.45) is 5.73 Å². The van der Waals surface area contributed by atoms with Gasteiger partial charge in [0, 0.05) is 12.0 Å². The smallest absolute Gasteiger partial charge is 0.312 e. The molecule has 0 heterocycles. The minimum Gasteiger partial charge on any atom is -0.353 e. The van der Waals surface area contributed by atoms with E-state index in [0.29, 0.717) is 6.54 Å². The number of carbonyl (C=O) groups excluding carboxylic acids is 2. The molecule has 1 saturated carbocycles. The number of primary amides is 1. The number of carbonyl (C=O) groups is 2. The fourth-order valence-electron chi connectivity index (χ4n) is 3.63. The van der Waals surface area contributed by atoms with Gasteiger partial charge in [-0.15, -0.1) is 0 Å². The molecule has 23 heavy (non-hydrogen) atoms. The van der Waals surface area contributed by atoms with E-state index in [1.54, 1.807) is 6.92 Å². The van der Waals surface area contributed by atoms with Crippen molar-refractivity contribution in [3.05, 3.63) is 35.4 Å². The van der Waals surface area contributed by atoms with Crippen LogP contribution in [0.15, 0.2) is 24.3 Å². The van der Waals surface area contributed by atoms with E-state index in [4.69, 9.17) is 5.73 Å². The highest BCUT2D eigenvalue weighted by molar-refractivity contribution is 5.86. The second-order valence-corrected chi connectivity index (χ2v) is 6.60. The molecule has 1 fully saturated rings. The molecule has 5 nitrogen and oxygen atoms in total. The number of amides is 3. The molecule has 0 bridgehead atoms. The van der Waals surface area contributed by atoms with E-state index in [0.717, 1.165) is 12.8 Å². The highest BCUT2D eigenvalue weighted by Gasteiger charge is 2.35. The number of hydrogen-bond donors (Lipinski definition) is 3. The minimum absolute atomic E-state index is 0.00824. The zero-order valence-electron chi connectivity index (χ0n) is 14.0. The summed E-state index contributed by atoms with van der Waals surface area (Å²) in [4.78, 5) is 23.1. The first-order valence-electron chi connectivity index (χ1n) is 8.34. The Hall–Kier alpha value is -2.04. The van der Waals surface area contributed by atoms with Crippen molar-refractivity contribution < 1.29 is 9.59 Å². The van der Waals surface area contributed by atoms with E-state index in [-0.39, 0.29) is 11.3 Å². The van der Waals surface area contributed by atoms with Crippen LogP contribution in [0.5, 0.6) is 0 Å². The Morgan fingerprint density at radius 2 is 1.87 bits per heavy atom. The fraction of sp³-hybridized carbons (Fsp3) is 0.556. The molecule has 1 aliphatic carbocycles. The molecule has 1 aliphatic rings. The third kappa shape index (κ3) is 4.24. The van der Waals surface area contributed by atoms with Crippen LogP contribution in [0.25, 0.3) is 0 Å². The normalized spacial score (nSPS) is 18.0. The zero-order valence-corrected chi connectivity index (χ0v) is 14.0. The summed E-state index contributed by atoms with van der Waals surface area (Å²) in [5.74, 6) is -0.192. The van der Waals surface area contributed by atoms with Gasteiger partial charge in [0.25, 0.3) is 0 Å². The van der Waals surface area contributed by atoms with Gasteiger partial charge in [0.2, 0.25) is 5.91 Å². The van der Waals surface area contributed by atoms with E-state index >= 15 is 0 Å². The first kappa shape index (κ1) is 17.3. The molecule has 4 N–H and O–H groups in total. The Morgan fingerprint density at radius 3 is 2.48 bits per heavy atom. The molecule has 0 aromatic heterocycles. The summed E-state index contributed by atoms with van der Waals surface area (Å²) < 4.78 is 0. The SMILES string of the molecule is Cc1ccccc1C1(CNC(=O)[C@H](C)NC(N)=O)CCCCC1. The average molecular weight is 317 g/mol. The summed E-state index contributed by atoms with van der Waals surface area (Å²) in [6.45, 7) is 4.37. The van der Waals surface area contributed by atoms with Gasteiger partial charge >= 0.3 is 6.03 Å². The summed E-state index contributed by atoms with van der Waals surface area (Å²) in [6, 6.07) is 7.12. The number of aryl methyl sites for hydroxylation is 1. The molecule has 2 rings (SSSR count). The van der Waals surface area contributed by atoms with Crippen LogP contribution >= 0.6 is 0 Å². The van der Waals surface area contributed by atoms with Crippen molar-refractivity contribution in [3.63, 3.8) is 0 Å². The first-order valence-corrected chi connectivity index (χ1v) is 8.34. The molecular weight excluding hydrogens is 290 g/mol. The molecule has 5 heteroatoms. The summed E-state index contributed by atoms with van der Waals surface area (Å²) in [7, 11) is 0. The number of rotatable bonds is 5. The lowest BCUT2D eigenvalue weighted by atomic mass is 9.68. The Bertz CT molecular complexity index is 565. The van der Waals surface area contributed by atoms with Crippen LogP contribution in [0.3, 0.4) is 0 Å². The standard InChI is InChI=1S/C18H27N3O2/c1-13-8-4-5-9-15(13)18(10-6-3-7-11-18)12-20-16(22)14(2)21-17(19)23/h4-5,8-9,14H,3,6-7,10-12H2,1-2H3,(H,20,22)(H3,19,21,23)/t14-/m0/s1.